The predicted octanol–water partition coefficient (Wildman–Crippen LogP) is 4.76. The van der Waals surface area contributed by atoms with E-state index in [-0.39, 0.29) is 37.3 Å². The molecule has 3 heterocycles. The largest absolute Gasteiger partial charge is 0.494 e. The predicted molar refractivity (Wildman–Crippen MR) is 210 cm³/mol. The number of sulfonamides is 1. The highest BCUT2D eigenvalue weighted by atomic mass is 32.2. The van der Waals surface area contributed by atoms with Crippen LogP contribution in [0.15, 0.2) is 42.6 Å². The number of aromatic nitrogens is 1. The van der Waals surface area contributed by atoms with Gasteiger partial charge in [-0.05, 0) is 125 Å². The van der Waals surface area contributed by atoms with Gasteiger partial charge in [-0.2, -0.15) is 0 Å². The minimum Gasteiger partial charge on any atom is -0.494 e. The number of ether oxygens (including phenoxy) is 3. The van der Waals surface area contributed by atoms with Crippen LogP contribution in [0.1, 0.15) is 91.9 Å². The van der Waals surface area contributed by atoms with Crippen molar-refractivity contribution in [2.45, 2.75) is 126 Å². The van der Waals surface area contributed by atoms with Crippen LogP contribution in [0.4, 0.5) is 4.79 Å². The van der Waals surface area contributed by atoms with E-state index in [4.69, 9.17) is 14.2 Å². The molecule has 2 aliphatic heterocycles. The first-order valence-electron chi connectivity index (χ1n) is 20.7. The lowest BCUT2D eigenvalue weighted by Gasteiger charge is -2.33. The summed E-state index contributed by atoms with van der Waals surface area (Å²) in [4.78, 5) is 62.8. The molecule has 2 aromatic rings. The maximum Gasteiger partial charge on any atom is 0.408 e. The molecule has 1 aromatic carbocycles. The zero-order chi connectivity index (χ0) is 40.3. The van der Waals surface area contributed by atoms with Crippen molar-refractivity contribution in [3.05, 3.63) is 42.6 Å². The van der Waals surface area contributed by atoms with E-state index < -0.39 is 68.2 Å². The van der Waals surface area contributed by atoms with Crippen molar-refractivity contribution in [3.8, 4) is 11.6 Å². The summed E-state index contributed by atoms with van der Waals surface area (Å²) in [6.07, 6.45) is 10.1. The van der Waals surface area contributed by atoms with Crippen LogP contribution in [-0.4, -0.2) is 89.8 Å². The number of hydrogen-bond donors (Lipinski definition) is 3. The molecule has 14 nitrogen and oxygen atoms in total. The summed E-state index contributed by atoms with van der Waals surface area (Å²) in [5, 5.41) is 7.41. The van der Waals surface area contributed by atoms with E-state index in [1.54, 1.807) is 13.1 Å². The van der Waals surface area contributed by atoms with Crippen LogP contribution in [0.5, 0.6) is 11.6 Å². The molecule has 0 unspecified atom stereocenters. The van der Waals surface area contributed by atoms with Crippen molar-refractivity contribution in [2.24, 2.45) is 29.6 Å². The average Bonchev–Trinajstić information content (AvgIpc) is 4.12. The number of hydrogen-bond acceptors (Lipinski definition) is 10. The fraction of sp³-hybridized carbons (Fsp3) is 0.643. The molecule has 4 aliphatic carbocycles. The summed E-state index contributed by atoms with van der Waals surface area (Å²) in [5.74, 6) is -0.184. The van der Waals surface area contributed by atoms with Crippen LogP contribution < -0.4 is 24.8 Å². The number of nitrogens with zero attached hydrogens (tertiary/aromatic N) is 2. The van der Waals surface area contributed by atoms with Gasteiger partial charge >= 0.3 is 6.09 Å². The standard InChI is InChI=1S/C42H55N5O9S/c1-5-54-30-10-11-33-26(18-30)12-15-43-37(33)55-32-21-34-36(48)45-42(39(50)46-57(52,53)41(4)13-14-41)22-29(42)9-7-6-8-24(2)16-25(3)35(38(49)47(34)23-32)44-40(51)56-31-19-27-17-28(27)20-31/h7,9-12,15,18,24-25,27-29,31-32,34-35H,5-6,8,13-14,16-17,19-23H2,1-4H3,(H,44,51)(H,45,48)(H,46,50)/b9-7-/t24-,25+,27-,28+,29-,31+,32+,34-,35-,42+/m0/s1. The number of benzene rings is 1. The fourth-order valence-corrected chi connectivity index (χ4v) is 10.6. The summed E-state index contributed by atoms with van der Waals surface area (Å²) >= 11 is 0. The molecule has 5 fully saturated rings. The van der Waals surface area contributed by atoms with E-state index in [1.165, 1.54) is 11.3 Å². The van der Waals surface area contributed by atoms with Crippen molar-refractivity contribution in [3.63, 3.8) is 0 Å². The van der Waals surface area contributed by atoms with Gasteiger partial charge in [0.15, 0.2) is 0 Å². The van der Waals surface area contributed by atoms with Crippen LogP contribution in [0.25, 0.3) is 10.8 Å². The molecule has 4 saturated carbocycles. The molecule has 8 rings (SSSR count). The number of carbonyl (C=O) groups is 4. The number of carbonyl (C=O) groups excluding carboxylic acids is 4. The highest BCUT2D eigenvalue weighted by molar-refractivity contribution is 7.91. The third-order valence-electron chi connectivity index (χ3n) is 13.3. The summed E-state index contributed by atoms with van der Waals surface area (Å²) in [6, 6.07) is 5.32. The molecule has 15 heteroatoms. The van der Waals surface area contributed by atoms with E-state index in [1.807, 2.05) is 50.3 Å². The monoisotopic (exact) mass is 805 g/mol. The van der Waals surface area contributed by atoms with Crippen molar-refractivity contribution in [2.75, 3.05) is 13.2 Å². The van der Waals surface area contributed by atoms with Crippen LogP contribution in [0.3, 0.4) is 0 Å². The van der Waals surface area contributed by atoms with Gasteiger partial charge in [0.05, 0.1) is 17.9 Å². The molecule has 6 aliphatic rings. The number of alkyl carbamates (subject to hydrolysis) is 1. The van der Waals surface area contributed by atoms with Gasteiger partial charge in [0, 0.05) is 23.9 Å². The Morgan fingerprint density at radius 1 is 1.04 bits per heavy atom. The third kappa shape index (κ3) is 8.05. The molecular weight excluding hydrogens is 751 g/mol. The second kappa shape index (κ2) is 15.1. The first-order chi connectivity index (χ1) is 27.2. The summed E-state index contributed by atoms with van der Waals surface area (Å²) in [7, 11) is -3.99. The number of nitrogens with one attached hydrogen (secondary N) is 3. The van der Waals surface area contributed by atoms with Crippen LogP contribution in [0.2, 0.25) is 0 Å². The van der Waals surface area contributed by atoms with Gasteiger partial charge in [0.1, 0.15) is 35.6 Å². The molecule has 4 amide bonds. The van der Waals surface area contributed by atoms with E-state index in [0.29, 0.717) is 55.8 Å². The smallest absolute Gasteiger partial charge is 0.408 e. The molecule has 57 heavy (non-hydrogen) atoms. The Bertz CT molecular complexity index is 2060. The zero-order valence-corrected chi connectivity index (χ0v) is 34.0. The second-order valence-corrected chi connectivity index (χ2v) is 20.0. The zero-order valence-electron chi connectivity index (χ0n) is 33.2. The lowest BCUT2D eigenvalue weighted by Crippen LogP contribution is -2.59. The molecule has 0 spiro atoms. The lowest BCUT2D eigenvalue weighted by atomic mass is 9.88. The van der Waals surface area contributed by atoms with Gasteiger partial charge in [-0.25, -0.2) is 18.2 Å². The molecule has 308 valence electrons. The van der Waals surface area contributed by atoms with Crippen molar-refractivity contribution >= 4 is 44.6 Å². The van der Waals surface area contributed by atoms with Crippen molar-refractivity contribution in [1.29, 1.82) is 0 Å². The van der Waals surface area contributed by atoms with E-state index >= 15 is 0 Å². The summed E-state index contributed by atoms with van der Waals surface area (Å²) < 4.78 is 45.7. The molecule has 0 bridgehead atoms. The molecule has 0 radical (unpaired) electrons. The Hall–Kier alpha value is -4.40. The van der Waals surface area contributed by atoms with Gasteiger partial charge in [0.2, 0.25) is 27.7 Å². The molecule has 10 atom stereocenters. The number of allylic oxidation sites excluding steroid dienone is 1. The first kappa shape index (κ1) is 39.4. The van der Waals surface area contributed by atoms with Gasteiger partial charge in [-0.1, -0.05) is 26.0 Å². The molecule has 1 saturated heterocycles. The van der Waals surface area contributed by atoms with Crippen LogP contribution >= 0.6 is 0 Å². The highest BCUT2D eigenvalue weighted by Gasteiger charge is 2.63. The van der Waals surface area contributed by atoms with Gasteiger partial charge in [0.25, 0.3) is 5.91 Å². The van der Waals surface area contributed by atoms with Gasteiger partial charge in [-0.15, -0.1) is 0 Å². The summed E-state index contributed by atoms with van der Waals surface area (Å²) in [6.45, 7) is 8.06. The summed E-state index contributed by atoms with van der Waals surface area (Å²) in [5.41, 5.74) is -1.52. The van der Waals surface area contributed by atoms with E-state index in [0.717, 1.165) is 30.0 Å². The Kier molecular flexibility index (Phi) is 10.4. The normalized spacial score (nSPS) is 34.9. The Morgan fingerprint density at radius 2 is 1.81 bits per heavy atom. The van der Waals surface area contributed by atoms with Crippen molar-refractivity contribution in [1.82, 2.24) is 25.2 Å². The lowest BCUT2D eigenvalue weighted by molar-refractivity contribution is -0.142. The molecular formula is C42H55N5O9S. The van der Waals surface area contributed by atoms with Crippen LogP contribution in [0, 0.1) is 29.6 Å². The van der Waals surface area contributed by atoms with Gasteiger partial charge < -0.3 is 29.7 Å². The maximum atomic E-state index is 14.9. The topological polar surface area (TPSA) is 182 Å². The SMILES string of the molecule is CCOc1ccc2c(O[C@@H]3C[C@H]4C(=O)N[C@]5(C(=O)NS(=O)(=O)C6(C)CC6)C[C@@H]5/C=C\CC[C@H](C)C[C@@H](C)[C@H](NC(=O)O[C@@H]5C[C@@H]6C[C@@H]6C5)C(=O)N4C3)nccc2c1. The number of pyridine rings is 1. The van der Waals surface area contributed by atoms with Crippen LogP contribution in [-0.2, 0) is 29.1 Å². The molecule has 3 N–H and O–H groups in total. The Morgan fingerprint density at radius 3 is 2.54 bits per heavy atom. The minimum atomic E-state index is -3.99. The minimum absolute atomic E-state index is 0.00274. The van der Waals surface area contributed by atoms with Gasteiger partial charge in [-0.3, -0.25) is 19.1 Å². The van der Waals surface area contributed by atoms with Crippen molar-refractivity contribution < 1.29 is 41.8 Å². The average molecular weight is 806 g/mol. The van der Waals surface area contributed by atoms with E-state index in [2.05, 4.69) is 27.3 Å². The third-order valence-corrected chi connectivity index (χ3v) is 15.4. The number of rotatable bonds is 9. The second-order valence-electron chi connectivity index (χ2n) is 17.8. The fourth-order valence-electron chi connectivity index (χ4n) is 9.30. The highest BCUT2D eigenvalue weighted by Crippen LogP contribution is 2.52. The molecule has 1 aromatic heterocycles. The van der Waals surface area contributed by atoms with E-state index in [9.17, 15) is 27.6 Å². The maximum absolute atomic E-state index is 14.9. The number of amides is 4. The quantitative estimate of drug-likeness (QED) is 0.299. The Labute approximate surface area is 334 Å². The first-order valence-corrected chi connectivity index (χ1v) is 22.2. The Balaban J connectivity index is 1.09. The number of fused-ring (bicyclic) bond motifs is 4.